The van der Waals surface area contributed by atoms with E-state index in [1.807, 2.05) is 0 Å². The molecule has 3 nitrogen and oxygen atoms in total. The molecule has 3 N–H and O–H groups in total. The van der Waals surface area contributed by atoms with Crippen LogP contribution < -0.4 is 16.0 Å². The number of benzene rings is 4. The molecule has 0 fully saturated rings. The van der Waals surface area contributed by atoms with Crippen LogP contribution >= 0.6 is 0 Å². The lowest BCUT2D eigenvalue weighted by Crippen LogP contribution is -2.17. The van der Waals surface area contributed by atoms with E-state index in [1.165, 1.54) is 33.4 Å². The molecule has 4 aromatic rings. The molecule has 0 aliphatic heterocycles. The van der Waals surface area contributed by atoms with E-state index in [-0.39, 0.29) is 0 Å². The van der Waals surface area contributed by atoms with Gasteiger partial charge in [0.25, 0.3) is 0 Å². The van der Waals surface area contributed by atoms with E-state index in [9.17, 15) is 0 Å². The zero-order chi connectivity index (χ0) is 22.6. The molecule has 0 heterocycles. The smallest absolute Gasteiger partial charge is 0.0208 e. The zero-order valence-electron chi connectivity index (χ0n) is 19.1. The summed E-state index contributed by atoms with van der Waals surface area (Å²) in [5.41, 5.74) is 7.89. The van der Waals surface area contributed by atoms with Gasteiger partial charge in [-0.1, -0.05) is 109 Å². The van der Waals surface area contributed by atoms with Crippen LogP contribution in [-0.4, -0.2) is 0 Å². The van der Waals surface area contributed by atoms with Crippen molar-refractivity contribution in [1.82, 2.24) is 16.0 Å². The summed E-state index contributed by atoms with van der Waals surface area (Å²) in [4.78, 5) is 0. The number of hydrogen-bond acceptors (Lipinski definition) is 3. The van der Waals surface area contributed by atoms with Crippen molar-refractivity contribution < 1.29 is 0 Å². The van der Waals surface area contributed by atoms with Gasteiger partial charge in [0.15, 0.2) is 0 Å². The lowest BCUT2D eigenvalue weighted by Gasteiger charge is -2.13. The summed E-state index contributed by atoms with van der Waals surface area (Å²) in [5.74, 6) is 0. The Bertz CT molecular complexity index is 925. The van der Waals surface area contributed by atoms with Crippen LogP contribution in [0.15, 0.2) is 109 Å². The number of hydrogen-bond donors (Lipinski definition) is 3. The molecule has 4 rings (SSSR count). The Kier molecular flexibility index (Phi) is 8.83. The quantitative estimate of drug-likeness (QED) is 0.273. The molecule has 4 aromatic carbocycles. The standard InChI is InChI=1S/C30H33N3/c1-4-10-25(11-5-1)19-31-22-28-16-29(23-32-20-26-12-6-2-7-13-26)18-30(17-28)24-33-21-27-14-8-3-9-15-27/h1-18,31-33H,19-24H2. The Labute approximate surface area is 197 Å². The summed E-state index contributed by atoms with van der Waals surface area (Å²) in [6, 6.07) is 38.6. The molecule has 0 unspecified atom stereocenters. The van der Waals surface area contributed by atoms with E-state index in [4.69, 9.17) is 0 Å². The SMILES string of the molecule is c1ccc(CNCc2cc(CNCc3ccccc3)cc(CNCc3ccccc3)c2)cc1. The summed E-state index contributed by atoms with van der Waals surface area (Å²) < 4.78 is 0. The normalized spacial score (nSPS) is 10.9. The molecule has 0 atom stereocenters. The van der Waals surface area contributed by atoms with Crippen LogP contribution in [0.2, 0.25) is 0 Å². The monoisotopic (exact) mass is 435 g/mol. The van der Waals surface area contributed by atoms with Crippen molar-refractivity contribution in [1.29, 1.82) is 0 Å². The lowest BCUT2D eigenvalue weighted by molar-refractivity contribution is 0.669. The predicted octanol–water partition coefficient (Wildman–Crippen LogP) is 5.56. The minimum atomic E-state index is 0.854. The molecule has 0 radical (unpaired) electrons. The highest BCUT2D eigenvalue weighted by molar-refractivity contribution is 5.31. The molecule has 0 spiro atoms. The van der Waals surface area contributed by atoms with Gasteiger partial charge in [0.05, 0.1) is 0 Å². The average Bonchev–Trinajstić information content (AvgIpc) is 2.86. The first kappa shape index (κ1) is 22.9. The van der Waals surface area contributed by atoms with Crippen molar-refractivity contribution in [3.8, 4) is 0 Å². The third kappa shape index (κ3) is 7.99. The van der Waals surface area contributed by atoms with Crippen molar-refractivity contribution in [2.45, 2.75) is 39.3 Å². The van der Waals surface area contributed by atoms with Crippen LogP contribution in [-0.2, 0) is 39.3 Å². The van der Waals surface area contributed by atoms with Crippen LogP contribution in [0.25, 0.3) is 0 Å². The Morgan fingerprint density at radius 2 is 0.545 bits per heavy atom. The van der Waals surface area contributed by atoms with Crippen molar-refractivity contribution in [3.63, 3.8) is 0 Å². The number of nitrogens with one attached hydrogen (secondary N) is 3. The van der Waals surface area contributed by atoms with Gasteiger partial charge in [-0.3, -0.25) is 0 Å². The van der Waals surface area contributed by atoms with Gasteiger partial charge >= 0.3 is 0 Å². The second-order valence-corrected chi connectivity index (χ2v) is 8.43. The summed E-state index contributed by atoms with van der Waals surface area (Å²) in [5, 5.41) is 10.8. The Balaban J connectivity index is 1.37. The first-order chi connectivity index (χ1) is 16.3. The fraction of sp³-hybridized carbons (Fsp3) is 0.200. The van der Waals surface area contributed by atoms with Crippen molar-refractivity contribution >= 4 is 0 Å². The summed E-state index contributed by atoms with van der Waals surface area (Å²) >= 11 is 0. The molecule has 0 saturated carbocycles. The van der Waals surface area contributed by atoms with Gasteiger partial charge in [-0.2, -0.15) is 0 Å². The highest BCUT2D eigenvalue weighted by Crippen LogP contribution is 2.12. The van der Waals surface area contributed by atoms with Crippen LogP contribution in [0, 0.1) is 0 Å². The molecule has 0 aliphatic rings. The van der Waals surface area contributed by atoms with Crippen molar-refractivity contribution in [2.75, 3.05) is 0 Å². The zero-order valence-corrected chi connectivity index (χ0v) is 19.1. The molecule has 0 aliphatic carbocycles. The fourth-order valence-corrected chi connectivity index (χ4v) is 3.99. The van der Waals surface area contributed by atoms with Crippen LogP contribution in [0.1, 0.15) is 33.4 Å². The second-order valence-electron chi connectivity index (χ2n) is 8.43. The average molecular weight is 436 g/mol. The maximum atomic E-state index is 3.60. The highest BCUT2D eigenvalue weighted by Gasteiger charge is 2.03. The highest BCUT2D eigenvalue weighted by atomic mass is 14.9. The molecule has 0 amide bonds. The fourth-order valence-electron chi connectivity index (χ4n) is 3.99. The van der Waals surface area contributed by atoms with Gasteiger partial charge in [0, 0.05) is 39.3 Å². The minimum Gasteiger partial charge on any atom is -0.309 e. The summed E-state index contributed by atoms with van der Waals surface area (Å²) in [7, 11) is 0. The molecule has 3 heteroatoms. The first-order valence-electron chi connectivity index (χ1n) is 11.7. The maximum absolute atomic E-state index is 3.60. The van der Waals surface area contributed by atoms with Gasteiger partial charge < -0.3 is 16.0 Å². The Morgan fingerprint density at radius 1 is 0.303 bits per heavy atom. The molecule has 168 valence electrons. The molecule has 0 bridgehead atoms. The van der Waals surface area contributed by atoms with E-state index >= 15 is 0 Å². The molecule has 0 saturated heterocycles. The van der Waals surface area contributed by atoms with E-state index < -0.39 is 0 Å². The molecular weight excluding hydrogens is 402 g/mol. The topological polar surface area (TPSA) is 36.1 Å². The maximum Gasteiger partial charge on any atom is 0.0208 e. The van der Waals surface area contributed by atoms with Crippen LogP contribution in [0.5, 0.6) is 0 Å². The molecule has 33 heavy (non-hydrogen) atoms. The van der Waals surface area contributed by atoms with Crippen molar-refractivity contribution in [3.05, 3.63) is 143 Å². The Hall–Kier alpha value is -3.24. The van der Waals surface area contributed by atoms with Gasteiger partial charge in [0.1, 0.15) is 0 Å². The van der Waals surface area contributed by atoms with Gasteiger partial charge in [-0.15, -0.1) is 0 Å². The largest absolute Gasteiger partial charge is 0.309 e. The second kappa shape index (κ2) is 12.7. The van der Waals surface area contributed by atoms with E-state index in [0.717, 1.165) is 39.3 Å². The van der Waals surface area contributed by atoms with E-state index in [2.05, 4.69) is 125 Å². The third-order valence-electron chi connectivity index (χ3n) is 5.62. The van der Waals surface area contributed by atoms with Crippen LogP contribution in [0.3, 0.4) is 0 Å². The number of rotatable bonds is 12. The molecule has 0 aromatic heterocycles. The van der Waals surface area contributed by atoms with E-state index in [1.54, 1.807) is 0 Å². The third-order valence-corrected chi connectivity index (χ3v) is 5.62. The first-order valence-corrected chi connectivity index (χ1v) is 11.7. The minimum absolute atomic E-state index is 0.854. The summed E-state index contributed by atoms with van der Waals surface area (Å²) in [6.45, 7) is 5.18. The van der Waals surface area contributed by atoms with Gasteiger partial charge in [-0.05, 0) is 33.4 Å². The van der Waals surface area contributed by atoms with Gasteiger partial charge in [-0.25, -0.2) is 0 Å². The summed E-state index contributed by atoms with van der Waals surface area (Å²) in [6.07, 6.45) is 0. The van der Waals surface area contributed by atoms with Crippen molar-refractivity contribution in [2.24, 2.45) is 0 Å². The van der Waals surface area contributed by atoms with Crippen LogP contribution in [0.4, 0.5) is 0 Å². The predicted molar refractivity (Wildman–Crippen MR) is 137 cm³/mol. The molecular formula is C30H33N3. The van der Waals surface area contributed by atoms with Gasteiger partial charge in [0.2, 0.25) is 0 Å². The lowest BCUT2D eigenvalue weighted by atomic mass is 10.0. The Morgan fingerprint density at radius 3 is 0.818 bits per heavy atom. The van der Waals surface area contributed by atoms with E-state index in [0.29, 0.717) is 0 Å².